The van der Waals surface area contributed by atoms with E-state index in [1.54, 1.807) is 5.41 Å². The summed E-state index contributed by atoms with van der Waals surface area (Å²) >= 11 is 2.67. The van der Waals surface area contributed by atoms with Gasteiger partial charge in [0.2, 0.25) is 0 Å². The lowest BCUT2D eigenvalue weighted by molar-refractivity contribution is -0.137. The van der Waals surface area contributed by atoms with Crippen molar-refractivity contribution in [3.05, 3.63) is 20.8 Å². The highest BCUT2D eigenvalue weighted by Crippen LogP contribution is 2.42. The molecule has 0 saturated carbocycles. The van der Waals surface area contributed by atoms with Crippen LogP contribution in [0.5, 0.6) is 0 Å². The molecule has 18 heavy (non-hydrogen) atoms. The first kappa shape index (κ1) is 15.5. The molecule has 0 spiro atoms. The zero-order chi connectivity index (χ0) is 13.6. The number of aliphatic hydroxyl groups is 1. The minimum absolute atomic E-state index is 0.0410. The number of thioether (sulfide) groups is 2. The van der Waals surface area contributed by atoms with Gasteiger partial charge in [-0.05, 0) is 24.6 Å². The van der Waals surface area contributed by atoms with Crippen LogP contribution in [0.15, 0.2) is 20.8 Å². The number of sulfone groups is 1. The molecule has 1 rings (SSSR count). The van der Waals surface area contributed by atoms with E-state index < -0.39 is 21.6 Å². The molecule has 1 heterocycles. The third kappa shape index (κ3) is 5.83. The summed E-state index contributed by atoms with van der Waals surface area (Å²) in [6.45, 7) is 0. The maximum Gasteiger partial charge on any atom is 0.320 e. The number of hydrogen-bond acceptors (Lipinski definition) is 7. The third-order valence-electron chi connectivity index (χ3n) is 2.02. The molecule has 0 bridgehead atoms. The second kappa shape index (κ2) is 7.10. The summed E-state index contributed by atoms with van der Waals surface area (Å²) in [5.74, 6) is -1.34. The van der Waals surface area contributed by atoms with Crippen LogP contribution < -0.4 is 0 Å². The van der Waals surface area contributed by atoms with Gasteiger partial charge in [-0.15, -0.1) is 0 Å². The van der Waals surface area contributed by atoms with Gasteiger partial charge in [-0.3, -0.25) is 4.79 Å². The molecule has 8 heteroatoms. The smallest absolute Gasteiger partial charge is 0.320 e. The first-order chi connectivity index (χ1) is 8.43. The second-order valence-electron chi connectivity index (χ2n) is 3.51. The van der Waals surface area contributed by atoms with Crippen LogP contribution >= 0.6 is 23.5 Å². The molecule has 5 nitrogen and oxygen atoms in total. The van der Waals surface area contributed by atoms with E-state index >= 15 is 0 Å². The van der Waals surface area contributed by atoms with Gasteiger partial charge in [-0.25, -0.2) is 8.42 Å². The normalized spacial score (nSPS) is 17.8. The predicted molar refractivity (Wildman–Crippen MR) is 73.9 cm³/mol. The molecule has 102 valence electrons. The molecule has 1 aliphatic heterocycles. The summed E-state index contributed by atoms with van der Waals surface area (Å²) in [5, 5.41) is 11.0. The zero-order valence-corrected chi connectivity index (χ0v) is 12.2. The largest absolute Gasteiger partial charge is 0.501 e. The van der Waals surface area contributed by atoms with Crippen LogP contribution in [0.3, 0.4) is 0 Å². The van der Waals surface area contributed by atoms with Gasteiger partial charge in [0.25, 0.3) is 0 Å². The minimum Gasteiger partial charge on any atom is -0.501 e. The number of esters is 1. The standard InChI is InChI=1S/C10H14O5S3/c1-15-8(11)7-18(13,14)5-3-2-4-10-16-6-9(12)17-10/h4,6,12H,2-3,5,7H2,1H3. The number of rotatable bonds is 6. The van der Waals surface area contributed by atoms with Crippen molar-refractivity contribution in [1.82, 2.24) is 0 Å². The topological polar surface area (TPSA) is 80.7 Å². The Bertz CT molecular complexity index is 464. The van der Waals surface area contributed by atoms with Gasteiger partial charge in [-0.2, -0.15) is 0 Å². The average molecular weight is 310 g/mol. The number of carbonyl (C=O) groups excluding carboxylic acids is 1. The highest BCUT2D eigenvalue weighted by atomic mass is 32.2. The van der Waals surface area contributed by atoms with E-state index in [4.69, 9.17) is 5.11 Å². The van der Waals surface area contributed by atoms with Crippen molar-refractivity contribution in [2.75, 3.05) is 18.6 Å². The molecule has 0 unspecified atom stereocenters. The van der Waals surface area contributed by atoms with Crippen LogP contribution in [-0.2, 0) is 19.4 Å². The Hall–Kier alpha value is -0.600. The fraction of sp³-hybridized carbons (Fsp3) is 0.500. The summed E-state index contributed by atoms with van der Waals surface area (Å²) in [7, 11) is -2.22. The van der Waals surface area contributed by atoms with Gasteiger partial charge >= 0.3 is 5.97 Å². The van der Waals surface area contributed by atoms with Gasteiger partial charge in [0, 0.05) is 9.65 Å². The zero-order valence-electron chi connectivity index (χ0n) is 9.79. The quantitative estimate of drug-likeness (QED) is 0.594. The lowest BCUT2D eigenvalue weighted by atomic mass is 10.3. The Labute approximate surface area is 115 Å². The highest BCUT2D eigenvalue weighted by Gasteiger charge is 2.16. The molecule has 0 fully saturated rings. The fourth-order valence-corrected chi connectivity index (χ4v) is 4.18. The van der Waals surface area contributed by atoms with Crippen molar-refractivity contribution in [2.24, 2.45) is 0 Å². The molecule has 0 atom stereocenters. The lowest BCUT2D eigenvalue weighted by Gasteiger charge is -2.02. The van der Waals surface area contributed by atoms with E-state index in [1.807, 2.05) is 6.08 Å². The Balaban J connectivity index is 2.27. The molecule has 0 aliphatic carbocycles. The molecule has 0 aromatic heterocycles. The molecule has 0 amide bonds. The Morgan fingerprint density at radius 3 is 2.83 bits per heavy atom. The Morgan fingerprint density at radius 2 is 2.28 bits per heavy atom. The van der Waals surface area contributed by atoms with E-state index in [-0.39, 0.29) is 10.8 Å². The number of ether oxygens (including phenoxy) is 1. The SMILES string of the molecule is COC(=O)CS(=O)(=O)CCCC=C1SC=C(O)S1. The van der Waals surface area contributed by atoms with Gasteiger partial charge in [0.05, 0.1) is 12.9 Å². The van der Waals surface area contributed by atoms with E-state index in [0.29, 0.717) is 12.8 Å². The molecule has 0 radical (unpaired) electrons. The summed E-state index contributed by atoms with van der Waals surface area (Å²) in [6.07, 6.45) is 2.92. The average Bonchev–Trinajstić information content (AvgIpc) is 2.70. The van der Waals surface area contributed by atoms with Crippen LogP contribution in [0.4, 0.5) is 0 Å². The van der Waals surface area contributed by atoms with Crippen LogP contribution in [-0.4, -0.2) is 38.1 Å². The first-order valence-electron chi connectivity index (χ1n) is 5.14. The number of methoxy groups -OCH3 is 1. The number of hydrogen-bond donors (Lipinski definition) is 1. The van der Waals surface area contributed by atoms with Gasteiger partial charge in [0.15, 0.2) is 14.9 Å². The molecular weight excluding hydrogens is 296 g/mol. The van der Waals surface area contributed by atoms with Gasteiger partial charge < -0.3 is 9.84 Å². The third-order valence-corrected chi connectivity index (χ3v) is 5.73. The van der Waals surface area contributed by atoms with Crippen LogP contribution in [0.25, 0.3) is 0 Å². The maximum atomic E-state index is 11.5. The maximum absolute atomic E-state index is 11.5. The van der Waals surface area contributed by atoms with Gasteiger partial charge in [-0.1, -0.05) is 17.8 Å². The molecule has 1 N–H and O–H groups in total. The molecule has 0 aromatic rings. The van der Waals surface area contributed by atoms with Crippen molar-refractivity contribution >= 4 is 39.3 Å². The van der Waals surface area contributed by atoms with Crippen LogP contribution in [0, 0.1) is 0 Å². The molecular formula is C10H14O5S3. The van der Waals surface area contributed by atoms with E-state index in [0.717, 1.165) is 11.3 Å². The van der Waals surface area contributed by atoms with E-state index in [1.165, 1.54) is 23.5 Å². The Kier molecular flexibility index (Phi) is 6.10. The summed E-state index contributed by atoms with van der Waals surface area (Å²) in [4.78, 5) is 10.9. The highest BCUT2D eigenvalue weighted by molar-refractivity contribution is 8.27. The Morgan fingerprint density at radius 1 is 1.56 bits per heavy atom. The number of unbranched alkanes of at least 4 members (excludes halogenated alkanes) is 1. The van der Waals surface area contributed by atoms with Crippen molar-refractivity contribution in [1.29, 1.82) is 0 Å². The molecule has 1 aliphatic rings. The van der Waals surface area contributed by atoms with E-state index in [9.17, 15) is 13.2 Å². The lowest BCUT2D eigenvalue weighted by Crippen LogP contribution is -2.19. The number of allylic oxidation sites excluding steroid dienone is 1. The first-order valence-corrected chi connectivity index (χ1v) is 8.66. The van der Waals surface area contributed by atoms with Crippen LogP contribution in [0.2, 0.25) is 0 Å². The van der Waals surface area contributed by atoms with Crippen LogP contribution in [0.1, 0.15) is 12.8 Å². The fourth-order valence-electron chi connectivity index (χ4n) is 1.18. The number of aliphatic hydroxyl groups excluding tert-OH is 1. The second-order valence-corrected chi connectivity index (χ2v) is 7.93. The van der Waals surface area contributed by atoms with Crippen molar-refractivity contribution < 1.29 is 23.1 Å². The summed E-state index contributed by atoms with van der Waals surface area (Å²) in [5.41, 5.74) is 0. The molecule has 0 aromatic carbocycles. The van der Waals surface area contributed by atoms with Crippen molar-refractivity contribution in [3.63, 3.8) is 0 Å². The summed E-state index contributed by atoms with van der Waals surface area (Å²) < 4.78 is 28.2. The minimum atomic E-state index is -3.38. The van der Waals surface area contributed by atoms with E-state index in [2.05, 4.69) is 4.74 Å². The van der Waals surface area contributed by atoms with Crippen molar-refractivity contribution in [2.45, 2.75) is 12.8 Å². The van der Waals surface area contributed by atoms with Crippen molar-refractivity contribution in [3.8, 4) is 0 Å². The molecule has 0 saturated heterocycles. The monoisotopic (exact) mass is 310 g/mol. The predicted octanol–water partition coefficient (Wildman–Crippen LogP) is 2.03. The van der Waals surface area contributed by atoms with Gasteiger partial charge in [0.1, 0.15) is 5.75 Å². The number of carbonyl (C=O) groups is 1. The summed E-state index contributed by atoms with van der Waals surface area (Å²) in [6, 6.07) is 0.